The van der Waals surface area contributed by atoms with Gasteiger partial charge >= 0.3 is 6.03 Å². The molecule has 27 heavy (non-hydrogen) atoms. The number of hydrogen-bond donors (Lipinski definition) is 1. The molecule has 1 N–H and O–H groups in total. The van der Waals surface area contributed by atoms with Gasteiger partial charge in [-0.15, -0.1) is 0 Å². The molecule has 0 aromatic heterocycles. The Morgan fingerprint density at radius 1 is 1.04 bits per heavy atom. The average molecular weight is 377 g/mol. The fourth-order valence-corrected chi connectivity index (χ4v) is 2.73. The summed E-state index contributed by atoms with van der Waals surface area (Å²) in [6, 6.07) is 5.92. The maximum absolute atomic E-state index is 13.6. The van der Waals surface area contributed by atoms with Crippen molar-refractivity contribution in [3.05, 3.63) is 59.9 Å². The lowest BCUT2D eigenvalue weighted by Gasteiger charge is -2.19. The topological polar surface area (TPSA) is 69.7 Å². The minimum absolute atomic E-state index is 0.274. The lowest BCUT2D eigenvalue weighted by Crippen LogP contribution is -2.39. The lowest BCUT2D eigenvalue weighted by molar-refractivity contribution is -0.130. The summed E-state index contributed by atoms with van der Waals surface area (Å²) in [4.78, 5) is 38.8. The molecule has 3 rings (SSSR count). The predicted octanol–water partition coefficient (Wildman–Crippen LogP) is 2.90. The van der Waals surface area contributed by atoms with Gasteiger partial charge in [0.2, 0.25) is 5.91 Å². The third-order valence-corrected chi connectivity index (χ3v) is 4.06. The van der Waals surface area contributed by atoms with E-state index in [1.165, 1.54) is 19.1 Å². The Morgan fingerprint density at radius 3 is 2.30 bits per heavy atom. The molecule has 4 amide bonds. The van der Waals surface area contributed by atoms with Crippen molar-refractivity contribution < 1.29 is 27.6 Å². The minimum atomic E-state index is -0.983. The molecule has 0 saturated carbocycles. The first-order valence-corrected chi connectivity index (χ1v) is 7.93. The van der Waals surface area contributed by atoms with Gasteiger partial charge in [-0.1, -0.05) is 0 Å². The number of carbonyl (C=O) groups is 3. The van der Waals surface area contributed by atoms with Crippen LogP contribution in [0.4, 0.5) is 29.3 Å². The molecule has 1 fully saturated rings. The molecular weight excluding hydrogens is 363 g/mol. The van der Waals surface area contributed by atoms with E-state index in [0.717, 1.165) is 29.2 Å². The molecule has 2 aromatic carbocycles. The van der Waals surface area contributed by atoms with Crippen LogP contribution in [0.5, 0.6) is 0 Å². The van der Waals surface area contributed by atoms with Crippen molar-refractivity contribution in [2.45, 2.75) is 13.0 Å². The minimum Gasteiger partial charge on any atom is -0.322 e. The predicted molar refractivity (Wildman–Crippen MR) is 90.4 cm³/mol. The molecule has 9 heteroatoms. The highest BCUT2D eigenvalue weighted by molar-refractivity contribution is 6.16. The molecule has 140 valence electrons. The number of nitrogens with zero attached hydrogens (tertiary/aromatic N) is 2. The van der Waals surface area contributed by atoms with Crippen LogP contribution in [0.3, 0.4) is 0 Å². The van der Waals surface area contributed by atoms with E-state index in [1.807, 2.05) is 0 Å². The quantitative estimate of drug-likeness (QED) is 0.833. The molecular formula is C18H14F3N3O3. The van der Waals surface area contributed by atoms with Crippen LogP contribution in [0.2, 0.25) is 0 Å². The third kappa shape index (κ3) is 3.62. The van der Waals surface area contributed by atoms with E-state index >= 15 is 0 Å². The van der Waals surface area contributed by atoms with Crippen LogP contribution < -0.4 is 10.2 Å². The molecule has 1 saturated heterocycles. The van der Waals surface area contributed by atoms with E-state index in [-0.39, 0.29) is 5.69 Å². The number of benzene rings is 2. The van der Waals surface area contributed by atoms with E-state index < -0.39 is 47.9 Å². The maximum atomic E-state index is 13.6. The fourth-order valence-electron chi connectivity index (χ4n) is 2.73. The van der Waals surface area contributed by atoms with Gasteiger partial charge in [0.05, 0.1) is 5.69 Å². The Bertz CT molecular complexity index is 918. The number of urea groups is 1. The van der Waals surface area contributed by atoms with Gasteiger partial charge in [0.1, 0.15) is 30.0 Å². The molecule has 0 aliphatic carbocycles. The fraction of sp³-hybridized carbons (Fsp3) is 0.167. The van der Waals surface area contributed by atoms with Crippen LogP contribution in [0, 0.1) is 17.5 Å². The number of carbonyl (C=O) groups excluding carboxylic acids is 3. The normalized spacial score (nSPS) is 16.8. The first-order chi connectivity index (χ1) is 12.8. The van der Waals surface area contributed by atoms with Crippen LogP contribution in [0.25, 0.3) is 0 Å². The van der Waals surface area contributed by atoms with Gasteiger partial charge in [0.15, 0.2) is 0 Å². The molecule has 1 aliphatic heterocycles. The van der Waals surface area contributed by atoms with Crippen molar-refractivity contribution in [1.29, 1.82) is 0 Å². The Morgan fingerprint density at radius 2 is 1.67 bits per heavy atom. The SMILES string of the molecule is CC1C(=O)N(CC(=O)Nc2ccc(F)cc2F)C(=O)N1c1ccc(F)cc1. The van der Waals surface area contributed by atoms with Crippen molar-refractivity contribution in [2.75, 3.05) is 16.8 Å². The number of amides is 4. The zero-order valence-electron chi connectivity index (χ0n) is 14.1. The van der Waals surface area contributed by atoms with E-state index in [0.29, 0.717) is 16.7 Å². The van der Waals surface area contributed by atoms with Gasteiger partial charge in [-0.25, -0.2) is 18.0 Å². The molecule has 0 bridgehead atoms. The van der Waals surface area contributed by atoms with Crippen LogP contribution >= 0.6 is 0 Å². The number of hydrogen-bond acceptors (Lipinski definition) is 3. The second-order valence-corrected chi connectivity index (χ2v) is 5.90. The van der Waals surface area contributed by atoms with Crippen LogP contribution in [-0.4, -0.2) is 35.3 Å². The molecule has 1 aliphatic rings. The van der Waals surface area contributed by atoms with Gasteiger partial charge in [-0.3, -0.25) is 19.4 Å². The highest BCUT2D eigenvalue weighted by atomic mass is 19.1. The summed E-state index contributed by atoms with van der Waals surface area (Å²) in [5.41, 5.74) is 0.0265. The van der Waals surface area contributed by atoms with Crippen molar-refractivity contribution >= 4 is 29.2 Å². The van der Waals surface area contributed by atoms with Crippen molar-refractivity contribution in [2.24, 2.45) is 0 Å². The summed E-state index contributed by atoms with van der Waals surface area (Å²) in [6.45, 7) is 0.831. The molecule has 6 nitrogen and oxygen atoms in total. The van der Waals surface area contributed by atoms with Gasteiger partial charge in [-0.2, -0.15) is 0 Å². The highest BCUT2D eigenvalue weighted by Gasteiger charge is 2.44. The zero-order valence-corrected chi connectivity index (χ0v) is 14.1. The number of rotatable bonds is 4. The van der Waals surface area contributed by atoms with Gasteiger partial charge in [0, 0.05) is 11.8 Å². The average Bonchev–Trinajstić information content (AvgIpc) is 2.82. The van der Waals surface area contributed by atoms with E-state index in [1.54, 1.807) is 0 Å². The first kappa shape index (κ1) is 18.4. The number of nitrogens with one attached hydrogen (secondary N) is 1. The number of halogens is 3. The second kappa shape index (κ2) is 7.10. The first-order valence-electron chi connectivity index (χ1n) is 7.93. The van der Waals surface area contributed by atoms with Gasteiger partial charge in [-0.05, 0) is 43.3 Å². The summed E-state index contributed by atoms with van der Waals surface area (Å²) in [7, 11) is 0. The summed E-state index contributed by atoms with van der Waals surface area (Å²) < 4.78 is 39.6. The van der Waals surface area contributed by atoms with Gasteiger partial charge in [0.25, 0.3) is 5.91 Å². The smallest absolute Gasteiger partial charge is 0.322 e. The van der Waals surface area contributed by atoms with Crippen LogP contribution in [0.1, 0.15) is 6.92 Å². The molecule has 1 atom stereocenters. The van der Waals surface area contributed by atoms with Crippen molar-refractivity contribution in [3.63, 3.8) is 0 Å². The lowest BCUT2D eigenvalue weighted by atomic mass is 10.2. The largest absolute Gasteiger partial charge is 0.332 e. The monoisotopic (exact) mass is 377 g/mol. The molecule has 0 radical (unpaired) electrons. The Kier molecular flexibility index (Phi) is 4.85. The maximum Gasteiger partial charge on any atom is 0.332 e. The number of anilines is 2. The zero-order chi connectivity index (χ0) is 19.7. The summed E-state index contributed by atoms with van der Waals surface area (Å²) in [6.07, 6.45) is 0. The van der Waals surface area contributed by atoms with E-state index in [9.17, 15) is 27.6 Å². The Labute approximate surface area is 152 Å². The van der Waals surface area contributed by atoms with Crippen LogP contribution in [0.15, 0.2) is 42.5 Å². The molecule has 1 unspecified atom stereocenters. The van der Waals surface area contributed by atoms with Gasteiger partial charge < -0.3 is 5.32 Å². The second-order valence-electron chi connectivity index (χ2n) is 5.90. The highest BCUT2D eigenvalue weighted by Crippen LogP contribution is 2.26. The van der Waals surface area contributed by atoms with E-state index in [4.69, 9.17) is 0 Å². The molecule has 0 spiro atoms. The molecule has 1 heterocycles. The number of imide groups is 1. The van der Waals surface area contributed by atoms with Crippen molar-refractivity contribution in [3.8, 4) is 0 Å². The van der Waals surface area contributed by atoms with E-state index in [2.05, 4.69) is 5.32 Å². The Hall–Kier alpha value is -3.36. The third-order valence-electron chi connectivity index (χ3n) is 4.06. The standard InChI is InChI=1S/C18H14F3N3O3/c1-10-17(26)23(18(27)24(10)13-5-2-11(19)3-6-13)9-16(25)22-15-7-4-12(20)8-14(15)21/h2-8,10H,9H2,1H3,(H,22,25). The summed E-state index contributed by atoms with van der Waals surface area (Å²) in [5.74, 6) is -3.74. The molecule has 2 aromatic rings. The summed E-state index contributed by atoms with van der Waals surface area (Å²) in [5, 5.41) is 2.19. The summed E-state index contributed by atoms with van der Waals surface area (Å²) >= 11 is 0. The Balaban J connectivity index is 1.74. The van der Waals surface area contributed by atoms with Crippen LogP contribution in [-0.2, 0) is 9.59 Å². The van der Waals surface area contributed by atoms with Crippen molar-refractivity contribution in [1.82, 2.24) is 4.90 Å².